The van der Waals surface area contributed by atoms with E-state index in [2.05, 4.69) is 5.32 Å². The molecule has 1 heterocycles. The Hall–Kier alpha value is -2.87. The average Bonchev–Trinajstić information content (AvgIpc) is 2.92. The van der Waals surface area contributed by atoms with Crippen LogP contribution in [0.1, 0.15) is 19.8 Å². The summed E-state index contributed by atoms with van der Waals surface area (Å²) < 4.78 is 26.6. The van der Waals surface area contributed by atoms with Crippen LogP contribution >= 0.6 is 0 Å². The number of benzene rings is 2. The van der Waals surface area contributed by atoms with E-state index in [1.165, 1.54) is 12.1 Å². The summed E-state index contributed by atoms with van der Waals surface area (Å²) in [6.07, 6.45) is 2.06. The van der Waals surface area contributed by atoms with Crippen molar-refractivity contribution in [3.63, 3.8) is 0 Å². The van der Waals surface area contributed by atoms with Gasteiger partial charge in [0, 0.05) is 31.5 Å². The van der Waals surface area contributed by atoms with Crippen molar-refractivity contribution in [2.75, 3.05) is 11.6 Å². The van der Waals surface area contributed by atoms with Gasteiger partial charge in [-0.25, -0.2) is 13.2 Å². The SMILES string of the molecule is CCCn1c(=O)n(CCC(=O)Nc2cccc(S(C)(=O)=O)c2)c2ccccc21. The number of para-hydroxylation sites is 2. The zero-order valence-electron chi connectivity index (χ0n) is 15.9. The molecule has 148 valence electrons. The van der Waals surface area contributed by atoms with Crippen molar-refractivity contribution in [3.05, 3.63) is 59.0 Å². The predicted octanol–water partition coefficient (Wildman–Crippen LogP) is 2.65. The topological polar surface area (TPSA) is 90.2 Å². The molecule has 0 radical (unpaired) electrons. The zero-order valence-corrected chi connectivity index (χ0v) is 16.7. The van der Waals surface area contributed by atoms with Gasteiger partial charge in [0.1, 0.15) is 0 Å². The molecular weight excluding hydrogens is 378 g/mol. The third kappa shape index (κ3) is 4.17. The molecule has 8 heteroatoms. The predicted molar refractivity (Wildman–Crippen MR) is 109 cm³/mol. The lowest BCUT2D eigenvalue weighted by molar-refractivity contribution is -0.116. The van der Waals surface area contributed by atoms with Gasteiger partial charge in [-0.3, -0.25) is 13.9 Å². The summed E-state index contributed by atoms with van der Waals surface area (Å²) in [7, 11) is -3.35. The largest absolute Gasteiger partial charge is 0.329 e. The summed E-state index contributed by atoms with van der Waals surface area (Å²) in [6.45, 7) is 2.88. The number of aromatic nitrogens is 2. The maximum atomic E-state index is 12.7. The minimum atomic E-state index is -3.35. The van der Waals surface area contributed by atoms with E-state index in [0.29, 0.717) is 12.2 Å². The van der Waals surface area contributed by atoms with Crippen LogP contribution in [0.4, 0.5) is 5.69 Å². The van der Waals surface area contributed by atoms with Gasteiger partial charge in [-0.05, 0) is 36.8 Å². The summed E-state index contributed by atoms with van der Waals surface area (Å²) in [6, 6.07) is 13.6. The number of fused-ring (bicyclic) bond motifs is 1. The van der Waals surface area contributed by atoms with Gasteiger partial charge in [0.2, 0.25) is 5.91 Å². The van der Waals surface area contributed by atoms with Crippen LogP contribution in [0.3, 0.4) is 0 Å². The summed E-state index contributed by atoms with van der Waals surface area (Å²) in [5, 5.41) is 2.70. The molecule has 0 spiro atoms. The first-order valence-electron chi connectivity index (χ1n) is 9.09. The fourth-order valence-corrected chi connectivity index (χ4v) is 3.84. The number of hydrogen-bond acceptors (Lipinski definition) is 4. The number of carbonyl (C=O) groups is 1. The molecule has 0 atom stereocenters. The van der Waals surface area contributed by atoms with Crippen molar-refractivity contribution in [2.45, 2.75) is 37.8 Å². The highest BCUT2D eigenvalue weighted by Crippen LogP contribution is 2.16. The van der Waals surface area contributed by atoms with Crippen LogP contribution in [0.2, 0.25) is 0 Å². The maximum Gasteiger partial charge on any atom is 0.329 e. The molecule has 28 heavy (non-hydrogen) atoms. The second-order valence-electron chi connectivity index (χ2n) is 6.67. The van der Waals surface area contributed by atoms with Gasteiger partial charge in [-0.15, -0.1) is 0 Å². The first kappa shape index (κ1) is 19.9. The van der Waals surface area contributed by atoms with Gasteiger partial charge in [-0.1, -0.05) is 25.1 Å². The maximum absolute atomic E-state index is 12.7. The lowest BCUT2D eigenvalue weighted by Crippen LogP contribution is -2.26. The minimum absolute atomic E-state index is 0.100. The van der Waals surface area contributed by atoms with Crippen LogP contribution in [0.5, 0.6) is 0 Å². The third-order valence-corrected chi connectivity index (χ3v) is 5.59. The molecule has 0 unspecified atom stereocenters. The van der Waals surface area contributed by atoms with Gasteiger partial charge in [0.05, 0.1) is 15.9 Å². The number of sulfone groups is 1. The van der Waals surface area contributed by atoms with Crippen molar-refractivity contribution in [3.8, 4) is 0 Å². The Kier molecular flexibility index (Phi) is 5.69. The molecule has 1 amide bonds. The van der Waals surface area contributed by atoms with Crippen molar-refractivity contribution in [1.29, 1.82) is 0 Å². The third-order valence-electron chi connectivity index (χ3n) is 4.48. The molecule has 1 aromatic heterocycles. The molecule has 3 rings (SSSR count). The Morgan fingerprint density at radius 3 is 2.25 bits per heavy atom. The molecule has 0 saturated carbocycles. The Labute approximate surface area is 163 Å². The number of amides is 1. The van der Waals surface area contributed by atoms with Gasteiger partial charge >= 0.3 is 5.69 Å². The number of rotatable bonds is 7. The molecule has 1 N–H and O–H groups in total. The van der Waals surface area contributed by atoms with Crippen molar-refractivity contribution in [1.82, 2.24) is 9.13 Å². The number of hydrogen-bond donors (Lipinski definition) is 1. The fraction of sp³-hybridized carbons (Fsp3) is 0.300. The summed E-state index contributed by atoms with van der Waals surface area (Å²) >= 11 is 0. The molecule has 0 aliphatic rings. The van der Waals surface area contributed by atoms with Crippen molar-refractivity contribution in [2.24, 2.45) is 0 Å². The summed E-state index contributed by atoms with van der Waals surface area (Å²) in [4.78, 5) is 25.2. The first-order chi connectivity index (χ1) is 13.3. The minimum Gasteiger partial charge on any atom is -0.326 e. The van der Waals surface area contributed by atoms with Gasteiger partial charge < -0.3 is 5.32 Å². The lowest BCUT2D eigenvalue weighted by atomic mass is 10.3. The molecular formula is C20H23N3O4S. The Balaban J connectivity index is 1.77. The molecule has 0 aliphatic heterocycles. The van der Waals surface area contributed by atoms with Gasteiger partial charge in [0.25, 0.3) is 0 Å². The van der Waals surface area contributed by atoms with E-state index in [4.69, 9.17) is 0 Å². The smallest absolute Gasteiger partial charge is 0.326 e. The highest BCUT2D eigenvalue weighted by Gasteiger charge is 2.14. The first-order valence-corrected chi connectivity index (χ1v) is 11.0. The van der Waals surface area contributed by atoms with Gasteiger partial charge in [-0.2, -0.15) is 0 Å². The highest BCUT2D eigenvalue weighted by atomic mass is 32.2. The number of carbonyl (C=O) groups excluding carboxylic acids is 1. The van der Waals surface area contributed by atoms with Crippen LogP contribution in [-0.4, -0.2) is 29.7 Å². The summed E-state index contributed by atoms with van der Waals surface area (Å²) in [5.41, 5.74) is 1.94. The number of anilines is 1. The molecule has 0 fully saturated rings. The standard InChI is InChI=1S/C20H23N3O4S/c1-3-12-22-17-9-4-5-10-18(17)23(20(22)25)13-11-19(24)21-15-7-6-8-16(14-15)28(2,26)27/h4-10,14H,3,11-13H2,1-2H3,(H,21,24). The highest BCUT2D eigenvalue weighted by molar-refractivity contribution is 7.90. The van der Waals surface area contributed by atoms with E-state index in [1.54, 1.807) is 21.3 Å². The number of nitrogens with one attached hydrogen (secondary N) is 1. The second-order valence-corrected chi connectivity index (χ2v) is 8.69. The van der Waals surface area contributed by atoms with Crippen LogP contribution in [-0.2, 0) is 27.7 Å². The van der Waals surface area contributed by atoms with E-state index >= 15 is 0 Å². The van der Waals surface area contributed by atoms with Crippen LogP contribution < -0.4 is 11.0 Å². The van der Waals surface area contributed by atoms with E-state index < -0.39 is 9.84 Å². The molecule has 3 aromatic rings. The van der Waals surface area contributed by atoms with Crippen molar-refractivity contribution < 1.29 is 13.2 Å². The fourth-order valence-electron chi connectivity index (χ4n) is 3.17. The van der Waals surface area contributed by atoms with Crippen molar-refractivity contribution >= 4 is 32.5 Å². The molecule has 2 aromatic carbocycles. The number of aryl methyl sites for hydroxylation is 2. The van der Waals surface area contributed by atoms with E-state index in [1.807, 2.05) is 31.2 Å². The number of nitrogens with zero attached hydrogens (tertiary/aromatic N) is 2. The molecule has 0 saturated heterocycles. The molecule has 0 aliphatic carbocycles. The number of imidazole rings is 1. The summed E-state index contributed by atoms with van der Waals surface area (Å²) in [5.74, 6) is -0.287. The Morgan fingerprint density at radius 1 is 1.00 bits per heavy atom. The molecule has 0 bridgehead atoms. The van der Waals surface area contributed by atoms with E-state index in [9.17, 15) is 18.0 Å². The van der Waals surface area contributed by atoms with Crippen LogP contribution in [0.25, 0.3) is 11.0 Å². The van der Waals surface area contributed by atoms with Crippen LogP contribution in [0.15, 0.2) is 58.2 Å². The van der Waals surface area contributed by atoms with E-state index in [-0.39, 0.29) is 29.5 Å². The van der Waals surface area contributed by atoms with Crippen LogP contribution in [0, 0.1) is 0 Å². The lowest BCUT2D eigenvalue weighted by Gasteiger charge is -2.07. The molecule has 7 nitrogen and oxygen atoms in total. The Morgan fingerprint density at radius 2 is 1.64 bits per heavy atom. The monoisotopic (exact) mass is 401 g/mol. The van der Waals surface area contributed by atoms with Gasteiger partial charge in [0.15, 0.2) is 9.84 Å². The van der Waals surface area contributed by atoms with E-state index in [0.717, 1.165) is 23.7 Å². The Bertz CT molecular complexity index is 1180. The normalized spacial score (nSPS) is 11.6. The zero-order chi connectivity index (χ0) is 20.3. The second kappa shape index (κ2) is 8.02. The quantitative estimate of drug-likeness (QED) is 0.659. The average molecular weight is 401 g/mol.